The Morgan fingerprint density at radius 3 is 2.50 bits per heavy atom. The van der Waals surface area contributed by atoms with E-state index in [9.17, 15) is 9.59 Å². The number of nitrogens with zero attached hydrogens (tertiary/aromatic N) is 5. The van der Waals surface area contributed by atoms with Crippen LogP contribution in [0.5, 0.6) is 5.75 Å². The number of amides is 1. The van der Waals surface area contributed by atoms with E-state index >= 15 is 0 Å². The van der Waals surface area contributed by atoms with Crippen LogP contribution < -0.4 is 25.2 Å². The molecule has 11 heteroatoms. The average Bonchev–Trinajstić information content (AvgIpc) is 3.49. The Hall–Kier alpha value is -4.48. The Labute approximate surface area is 247 Å². The van der Waals surface area contributed by atoms with Gasteiger partial charge < -0.3 is 34.8 Å². The Morgan fingerprint density at radius 1 is 1.10 bits per heavy atom. The molecule has 1 amide bonds. The molecule has 11 nitrogen and oxygen atoms in total. The Kier molecular flexibility index (Phi) is 10.1. The van der Waals surface area contributed by atoms with Gasteiger partial charge in [-0.25, -0.2) is 9.97 Å². The van der Waals surface area contributed by atoms with E-state index in [1.165, 1.54) is 12.3 Å². The molecule has 1 atom stereocenters. The Balaban J connectivity index is 1.56. The van der Waals surface area contributed by atoms with Gasteiger partial charge in [0.05, 0.1) is 30.3 Å². The fourth-order valence-corrected chi connectivity index (χ4v) is 4.70. The first-order valence-corrected chi connectivity index (χ1v) is 13.8. The minimum Gasteiger partial charge on any atom is -0.494 e. The van der Waals surface area contributed by atoms with Gasteiger partial charge in [0, 0.05) is 63.9 Å². The largest absolute Gasteiger partial charge is 0.494 e. The topological polar surface area (TPSA) is 112 Å². The maximum atomic E-state index is 13.3. The lowest BCUT2D eigenvalue weighted by atomic mass is 10.1. The Morgan fingerprint density at radius 2 is 1.86 bits per heavy atom. The number of hydrogen-bond donors (Lipinski definition) is 2. The van der Waals surface area contributed by atoms with Crippen LogP contribution in [0.3, 0.4) is 0 Å². The molecule has 42 heavy (non-hydrogen) atoms. The van der Waals surface area contributed by atoms with Crippen molar-refractivity contribution in [2.24, 2.45) is 0 Å². The number of ether oxygens (including phenoxy) is 2. The highest BCUT2D eigenvalue weighted by Crippen LogP contribution is 2.38. The average molecular weight is 574 g/mol. The van der Waals surface area contributed by atoms with Crippen LogP contribution in [0.15, 0.2) is 61.3 Å². The molecule has 0 spiro atoms. The first-order chi connectivity index (χ1) is 20.2. The van der Waals surface area contributed by atoms with Crippen LogP contribution >= 0.6 is 0 Å². The van der Waals surface area contributed by atoms with Gasteiger partial charge in [-0.05, 0) is 63.0 Å². The molecule has 0 unspecified atom stereocenters. The van der Waals surface area contributed by atoms with Gasteiger partial charge in [0.2, 0.25) is 17.6 Å². The number of methoxy groups -OCH3 is 2. The minimum absolute atomic E-state index is 0.216. The molecule has 2 heterocycles. The van der Waals surface area contributed by atoms with E-state index in [4.69, 9.17) is 9.47 Å². The van der Waals surface area contributed by atoms with Crippen molar-refractivity contribution in [3.63, 3.8) is 0 Å². The summed E-state index contributed by atoms with van der Waals surface area (Å²) in [6.45, 7) is 6.86. The fraction of sp³-hybridized carbons (Fsp3) is 0.355. The van der Waals surface area contributed by atoms with Crippen molar-refractivity contribution in [3.8, 4) is 5.75 Å². The normalized spacial score (nSPS) is 14.5. The molecule has 0 bridgehead atoms. The van der Waals surface area contributed by atoms with Crippen LogP contribution in [-0.4, -0.2) is 94.2 Å². The van der Waals surface area contributed by atoms with E-state index in [1.54, 1.807) is 26.4 Å². The maximum absolute atomic E-state index is 13.3. The number of hydrogen-bond acceptors (Lipinski definition) is 10. The molecular formula is C31H39N7O4. The zero-order valence-electron chi connectivity index (χ0n) is 24.9. The molecule has 3 aromatic rings. The number of carbonyl (C=O) groups is 2. The number of aromatic nitrogens is 2. The van der Waals surface area contributed by atoms with Crippen LogP contribution in [0.1, 0.15) is 22.5 Å². The molecule has 0 radical (unpaired) electrons. The number of carbonyl (C=O) groups excluding carboxylic acids is 2. The molecule has 0 saturated carbocycles. The van der Waals surface area contributed by atoms with Gasteiger partial charge >= 0.3 is 0 Å². The lowest BCUT2D eigenvalue weighted by Crippen LogP contribution is -2.29. The molecular weight excluding hydrogens is 534 g/mol. The van der Waals surface area contributed by atoms with Crippen LogP contribution in [0.25, 0.3) is 0 Å². The summed E-state index contributed by atoms with van der Waals surface area (Å²) in [6, 6.07) is 12.7. The van der Waals surface area contributed by atoms with Crippen LogP contribution in [0.2, 0.25) is 0 Å². The lowest BCUT2D eigenvalue weighted by Gasteiger charge is -2.26. The highest BCUT2D eigenvalue weighted by molar-refractivity contribution is 6.08. The number of nitrogens with one attached hydrogen (secondary N) is 2. The summed E-state index contributed by atoms with van der Waals surface area (Å²) in [5, 5.41) is 6.03. The predicted octanol–water partition coefficient (Wildman–Crippen LogP) is 3.81. The highest BCUT2D eigenvalue weighted by Gasteiger charge is 2.23. The van der Waals surface area contributed by atoms with Gasteiger partial charge in [0.15, 0.2) is 0 Å². The third kappa shape index (κ3) is 7.42. The monoisotopic (exact) mass is 573 g/mol. The number of likely N-dealkylation sites (N-methyl/N-ethyl adjacent to an activating group) is 2. The van der Waals surface area contributed by atoms with Crippen LogP contribution in [-0.2, 0) is 9.53 Å². The molecule has 1 aliphatic heterocycles. The van der Waals surface area contributed by atoms with Crippen molar-refractivity contribution in [3.05, 3.63) is 72.6 Å². The number of rotatable bonds is 13. The quantitative estimate of drug-likeness (QED) is 0.231. The number of anilines is 5. The van der Waals surface area contributed by atoms with Gasteiger partial charge in [-0.15, -0.1) is 0 Å². The van der Waals surface area contributed by atoms with Gasteiger partial charge in [-0.3, -0.25) is 9.59 Å². The van der Waals surface area contributed by atoms with Crippen molar-refractivity contribution < 1.29 is 19.1 Å². The second-order valence-electron chi connectivity index (χ2n) is 10.3. The van der Waals surface area contributed by atoms with E-state index in [2.05, 4.69) is 37.0 Å². The SMILES string of the molecule is C=CC(=O)Nc1cc(Nc2nccc(C(=O)c3ccc(N4CC[C@H](OC)C4)cc3)n2)c(OC)cc1N(C)CCN(C)C. The van der Waals surface area contributed by atoms with E-state index in [1.807, 2.05) is 56.4 Å². The Bertz CT molecular complexity index is 1410. The van der Waals surface area contributed by atoms with Crippen molar-refractivity contribution in [2.75, 3.05) is 82.0 Å². The lowest BCUT2D eigenvalue weighted by molar-refractivity contribution is -0.111. The summed E-state index contributed by atoms with van der Waals surface area (Å²) in [6.07, 6.45) is 3.96. The van der Waals surface area contributed by atoms with Crippen molar-refractivity contribution in [2.45, 2.75) is 12.5 Å². The molecule has 1 saturated heterocycles. The van der Waals surface area contributed by atoms with Crippen molar-refractivity contribution in [1.29, 1.82) is 0 Å². The first kappa shape index (κ1) is 30.5. The second kappa shape index (κ2) is 13.9. The smallest absolute Gasteiger partial charge is 0.247 e. The van der Waals surface area contributed by atoms with Crippen LogP contribution in [0.4, 0.5) is 28.7 Å². The van der Waals surface area contributed by atoms with Crippen LogP contribution in [0, 0.1) is 0 Å². The zero-order chi connectivity index (χ0) is 30.2. The molecule has 1 fully saturated rings. The van der Waals surface area contributed by atoms with E-state index in [0.29, 0.717) is 22.7 Å². The van der Waals surface area contributed by atoms with Crippen molar-refractivity contribution >= 4 is 40.4 Å². The predicted molar refractivity (Wildman–Crippen MR) is 166 cm³/mol. The molecule has 1 aromatic heterocycles. The fourth-order valence-electron chi connectivity index (χ4n) is 4.70. The summed E-state index contributed by atoms with van der Waals surface area (Å²) in [5.74, 6) is 0.179. The first-order valence-electron chi connectivity index (χ1n) is 13.8. The number of benzene rings is 2. The summed E-state index contributed by atoms with van der Waals surface area (Å²) in [4.78, 5) is 40.7. The molecule has 222 valence electrons. The zero-order valence-corrected chi connectivity index (χ0v) is 24.9. The minimum atomic E-state index is -0.341. The summed E-state index contributed by atoms with van der Waals surface area (Å²) in [5.41, 5.74) is 3.69. The van der Waals surface area contributed by atoms with E-state index in [-0.39, 0.29) is 29.4 Å². The van der Waals surface area contributed by atoms with Gasteiger partial charge in [-0.1, -0.05) is 6.58 Å². The van der Waals surface area contributed by atoms with Gasteiger partial charge in [-0.2, -0.15) is 0 Å². The highest BCUT2D eigenvalue weighted by atomic mass is 16.5. The third-order valence-corrected chi connectivity index (χ3v) is 7.16. The van der Waals surface area contributed by atoms with E-state index in [0.717, 1.165) is 44.0 Å². The van der Waals surface area contributed by atoms with E-state index < -0.39 is 0 Å². The van der Waals surface area contributed by atoms with Gasteiger partial charge in [0.25, 0.3) is 0 Å². The maximum Gasteiger partial charge on any atom is 0.247 e. The summed E-state index contributed by atoms with van der Waals surface area (Å²) in [7, 11) is 9.25. The summed E-state index contributed by atoms with van der Waals surface area (Å²) < 4.78 is 11.1. The molecule has 0 aliphatic carbocycles. The molecule has 1 aliphatic rings. The van der Waals surface area contributed by atoms with Gasteiger partial charge in [0.1, 0.15) is 11.4 Å². The third-order valence-electron chi connectivity index (χ3n) is 7.16. The second-order valence-corrected chi connectivity index (χ2v) is 10.3. The molecule has 4 rings (SSSR count). The van der Waals surface area contributed by atoms with Crippen molar-refractivity contribution in [1.82, 2.24) is 14.9 Å². The number of ketones is 1. The molecule has 2 aromatic carbocycles. The molecule has 2 N–H and O–H groups in total. The standard InChI is InChI=1S/C31H39N7O4/c1-7-29(39)33-25-18-26(28(42-6)19-27(25)37(4)17-16-36(2)3)35-31-32-14-12-24(34-31)30(40)21-8-10-22(11-9-21)38-15-13-23(20-38)41-5/h7-12,14,18-19,23H,1,13,15-17,20H2,2-6H3,(H,33,39)(H,32,34,35)/t23-/m0/s1. The summed E-state index contributed by atoms with van der Waals surface area (Å²) >= 11 is 0.